The highest BCUT2D eigenvalue weighted by Crippen LogP contribution is 2.39. The quantitative estimate of drug-likeness (QED) is 0.283. The van der Waals surface area contributed by atoms with Gasteiger partial charge in [-0.1, -0.05) is 61.5 Å². The van der Waals surface area contributed by atoms with E-state index in [2.05, 4.69) is 25.1 Å². The van der Waals surface area contributed by atoms with Crippen molar-refractivity contribution in [2.75, 3.05) is 18.0 Å². The number of hydrogen-bond acceptors (Lipinski definition) is 5. The molecule has 0 fully saturated rings. The van der Waals surface area contributed by atoms with Crippen molar-refractivity contribution in [3.05, 3.63) is 89.5 Å². The second-order valence-corrected chi connectivity index (χ2v) is 10.7. The second-order valence-electron chi connectivity index (χ2n) is 8.82. The minimum absolute atomic E-state index is 0.104. The van der Waals surface area contributed by atoms with Crippen LogP contribution in [0.5, 0.6) is 5.75 Å². The Bertz CT molecular complexity index is 1370. The molecule has 1 aliphatic heterocycles. The van der Waals surface area contributed by atoms with E-state index in [0.717, 1.165) is 28.7 Å². The van der Waals surface area contributed by atoms with Gasteiger partial charge in [-0.25, -0.2) is 8.42 Å². The van der Waals surface area contributed by atoms with E-state index >= 15 is 0 Å². The van der Waals surface area contributed by atoms with Gasteiger partial charge in [-0.15, -0.1) is 0 Å². The molecule has 0 radical (unpaired) electrons. The smallest absolute Gasteiger partial charge is 0.305 e. The summed E-state index contributed by atoms with van der Waals surface area (Å²) >= 11 is 0. The standard InChI is InChI=1S/C29H31NO5S/c1-4-23(24-10-6-5-7-11-24)18-22-13-15-28-27(19-22)30(20-25(35-28)14-16-29(31)34-3)36(32,33)26-12-8-9-21(2)17-26/h5-13,15,17-19,25H,4,14,16,20H2,1-3H3/b23-18+/t25-/m0/s1. The maximum absolute atomic E-state index is 13.8. The number of carbonyl (C=O) groups is 1. The Hall–Kier alpha value is -3.58. The molecule has 4 rings (SSSR count). The van der Waals surface area contributed by atoms with Gasteiger partial charge >= 0.3 is 5.97 Å². The molecule has 0 amide bonds. The van der Waals surface area contributed by atoms with Crippen LogP contribution in [0.4, 0.5) is 5.69 Å². The lowest BCUT2D eigenvalue weighted by molar-refractivity contribution is -0.141. The molecule has 0 saturated carbocycles. The van der Waals surface area contributed by atoms with Crippen LogP contribution in [-0.4, -0.2) is 34.1 Å². The number of anilines is 1. The van der Waals surface area contributed by atoms with Crippen LogP contribution in [0.2, 0.25) is 0 Å². The molecule has 1 heterocycles. The largest absolute Gasteiger partial charge is 0.486 e. The first-order valence-electron chi connectivity index (χ1n) is 12.0. The predicted octanol–water partition coefficient (Wildman–Crippen LogP) is 5.86. The van der Waals surface area contributed by atoms with Crippen LogP contribution < -0.4 is 9.04 Å². The normalized spacial score (nSPS) is 15.7. The third-order valence-corrected chi connectivity index (χ3v) is 8.03. The number of methoxy groups -OCH3 is 1. The summed E-state index contributed by atoms with van der Waals surface area (Å²) < 4.78 is 39.9. The van der Waals surface area contributed by atoms with E-state index in [1.165, 1.54) is 11.4 Å². The number of benzene rings is 3. The summed E-state index contributed by atoms with van der Waals surface area (Å²) in [6.45, 7) is 4.07. The Morgan fingerprint density at radius 1 is 1.08 bits per heavy atom. The van der Waals surface area contributed by atoms with E-state index in [9.17, 15) is 13.2 Å². The molecular formula is C29H31NO5S. The summed E-state index contributed by atoms with van der Waals surface area (Å²) in [5.74, 6) is 0.119. The van der Waals surface area contributed by atoms with Crippen molar-refractivity contribution >= 4 is 33.3 Å². The van der Waals surface area contributed by atoms with Crippen molar-refractivity contribution in [3.8, 4) is 5.75 Å². The Balaban J connectivity index is 1.76. The lowest BCUT2D eigenvalue weighted by atomic mass is 10.00. The molecule has 6 nitrogen and oxygen atoms in total. The van der Waals surface area contributed by atoms with Gasteiger partial charge in [-0.05, 0) is 66.3 Å². The third kappa shape index (κ3) is 5.62. The molecule has 0 aromatic heterocycles. The summed E-state index contributed by atoms with van der Waals surface area (Å²) in [7, 11) is -2.53. The molecule has 0 saturated heterocycles. The molecule has 0 unspecified atom stereocenters. The van der Waals surface area contributed by atoms with Crippen molar-refractivity contribution in [1.82, 2.24) is 0 Å². The zero-order valence-corrected chi connectivity index (χ0v) is 21.6. The molecule has 7 heteroatoms. The zero-order chi connectivity index (χ0) is 25.7. The van der Waals surface area contributed by atoms with Gasteiger partial charge in [0.25, 0.3) is 10.0 Å². The van der Waals surface area contributed by atoms with E-state index < -0.39 is 16.1 Å². The number of esters is 1. The summed E-state index contributed by atoms with van der Waals surface area (Å²) in [6.07, 6.45) is 2.93. The Morgan fingerprint density at radius 3 is 2.56 bits per heavy atom. The molecule has 0 spiro atoms. The number of aryl methyl sites for hydroxylation is 1. The van der Waals surface area contributed by atoms with Crippen molar-refractivity contribution < 1.29 is 22.7 Å². The minimum atomic E-state index is -3.86. The lowest BCUT2D eigenvalue weighted by Crippen LogP contribution is -2.43. The summed E-state index contributed by atoms with van der Waals surface area (Å²) in [4.78, 5) is 11.9. The maximum Gasteiger partial charge on any atom is 0.305 e. The van der Waals surface area contributed by atoms with Crippen LogP contribution in [0.25, 0.3) is 11.6 Å². The summed E-state index contributed by atoms with van der Waals surface area (Å²) in [5.41, 5.74) is 4.51. The van der Waals surface area contributed by atoms with Crippen LogP contribution in [0.15, 0.2) is 77.7 Å². The predicted molar refractivity (Wildman–Crippen MR) is 142 cm³/mol. The van der Waals surface area contributed by atoms with Crippen LogP contribution in [0, 0.1) is 6.92 Å². The lowest BCUT2D eigenvalue weighted by Gasteiger charge is -2.35. The number of carbonyl (C=O) groups excluding carboxylic acids is 1. The molecule has 0 N–H and O–H groups in total. The van der Waals surface area contributed by atoms with Gasteiger partial charge < -0.3 is 9.47 Å². The van der Waals surface area contributed by atoms with E-state index in [4.69, 9.17) is 9.47 Å². The Labute approximate surface area is 213 Å². The monoisotopic (exact) mass is 505 g/mol. The number of ether oxygens (including phenoxy) is 2. The summed E-state index contributed by atoms with van der Waals surface area (Å²) in [5, 5.41) is 0. The van der Waals surface area contributed by atoms with Gasteiger partial charge in [0.05, 0.1) is 24.2 Å². The van der Waals surface area contributed by atoms with Gasteiger partial charge in [-0.2, -0.15) is 0 Å². The highest BCUT2D eigenvalue weighted by atomic mass is 32.2. The number of nitrogens with zero attached hydrogens (tertiary/aromatic N) is 1. The Morgan fingerprint density at radius 2 is 1.86 bits per heavy atom. The Kier molecular flexibility index (Phi) is 7.79. The fourth-order valence-electron chi connectivity index (χ4n) is 4.32. The highest BCUT2D eigenvalue weighted by molar-refractivity contribution is 7.92. The van der Waals surface area contributed by atoms with Gasteiger partial charge in [0, 0.05) is 6.42 Å². The van der Waals surface area contributed by atoms with Crippen molar-refractivity contribution in [2.24, 2.45) is 0 Å². The maximum atomic E-state index is 13.8. The van der Waals surface area contributed by atoms with Crippen LogP contribution >= 0.6 is 0 Å². The first kappa shape index (κ1) is 25.5. The molecule has 1 atom stereocenters. The second kappa shape index (κ2) is 11.0. The minimum Gasteiger partial charge on any atom is -0.486 e. The topological polar surface area (TPSA) is 72.9 Å². The van der Waals surface area contributed by atoms with Crippen LogP contribution in [-0.2, 0) is 19.6 Å². The average Bonchev–Trinajstić information content (AvgIpc) is 2.90. The molecule has 0 aliphatic carbocycles. The first-order chi connectivity index (χ1) is 17.3. The molecule has 3 aromatic rings. The number of rotatable bonds is 8. The van der Waals surface area contributed by atoms with E-state index in [1.54, 1.807) is 18.2 Å². The average molecular weight is 506 g/mol. The van der Waals surface area contributed by atoms with Crippen molar-refractivity contribution in [1.29, 1.82) is 0 Å². The van der Waals surface area contributed by atoms with Gasteiger partial charge in [0.15, 0.2) is 0 Å². The SMILES string of the molecule is CC/C(=C\c1ccc2c(c1)N(S(=O)(=O)c1cccc(C)c1)C[C@H](CCC(=O)OC)O2)c1ccccc1. The number of allylic oxidation sites excluding steroid dienone is 1. The third-order valence-electron chi connectivity index (χ3n) is 6.26. The van der Waals surface area contributed by atoms with Crippen molar-refractivity contribution in [2.45, 2.75) is 44.1 Å². The summed E-state index contributed by atoms with van der Waals surface area (Å²) in [6, 6.07) is 22.6. The van der Waals surface area contributed by atoms with Crippen LogP contribution in [0.3, 0.4) is 0 Å². The fourth-order valence-corrected chi connectivity index (χ4v) is 5.93. The molecule has 0 bridgehead atoms. The van der Waals surface area contributed by atoms with Gasteiger partial charge in [0.1, 0.15) is 11.9 Å². The fraction of sp³-hybridized carbons (Fsp3) is 0.276. The van der Waals surface area contributed by atoms with Crippen LogP contribution in [0.1, 0.15) is 42.9 Å². The highest BCUT2D eigenvalue weighted by Gasteiger charge is 2.35. The molecule has 1 aliphatic rings. The van der Waals surface area contributed by atoms with Gasteiger partial charge in [0.2, 0.25) is 0 Å². The number of fused-ring (bicyclic) bond motifs is 1. The van der Waals surface area contributed by atoms with E-state index in [1.807, 2.05) is 49.4 Å². The number of hydrogen-bond donors (Lipinski definition) is 0. The zero-order valence-electron chi connectivity index (χ0n) is 20.8. The van der Waals surface area contributed by atoms with Gasteiger partial charge in [-0.3, -0.25) is 9.10 Å². The molecule has 188 valence electrons. The first-order valence-corrected chi connectivity index (χ1v) is 13.5. The molecule has 3 aromatic carbocycles. The molecule has 36 heavy (non-hydrogen) atoms. The molecular weight excluding hydrogens is 474 g/mol. The number of sulfonamides is 1. The van der Waals surface area contributed by atoms with E-state index in [-0.39, 0.29) is 23.8 Å². The van der Waals surface area contributed by atoms with E-state index in [0.29, 0.717) is 17.9 Å². The van der Waals surface area contributed by atoms with Crippen molar-refractivity contribution in [3.63, 3.8) is 0 Å².